The molecule has 1 aliphatic carbocycles. The molecular weight excluding hydrogens is 212 g/mol. The Bertz CT molecular complexity index is 230. The van der Waals surface area contributed by atoms with Crippen molar-refractivity contribution < 1.29 is 4.79 Å². The maximum absolute atomic E-state index is 12.2. The van der Waals surface area contributed by atoms with Crippen LogP contribution in [0.3, 0.4) is 0 Å². The van der Waals surface area contributed by atoms with Gasteiger partial charge in [0.15, 0.2) is 0 Å². The van der Waals surface area contributed by atoms with Crippen LogP contribution < -0.4 is 5.73 Å². The molecule has 1 atom stereocenters. The van der Waals surface area contributed by atoms with Gasteiger partial charge in [-0.1, -0.05) is 20.3 Å². The molecule has 1 fully saturated rings. The van der Waals surface area contributed by atoms with Gasteiger partial charge in [-0.2, -0.15) is 0 Å². The number of carbonyl (C=O) groups is 1. The molecule has 17 heavy (non-hydrogen) atoms. The first kappa shape index (κ1) is 14.5. The molecule has 0 aliphatic heterocycles. The summed E-state index contributed by atoms with van der Waals surface area (Å²) in [6.45, 7) is 4.78. The van der Waals surface area contributed by atoms with Crippen LogP contribution in [0.25, 0.3) is 0 Å². The molecule has 0 aromatic heterocycles. The Labute approximate surface area is 106 Å². The van der Waals surface area contributed by atoms with Crippen LogP contribution in [-0.2, 0) is 4.79 Å². The zero-order valence-corrected chi connectivity index (χ0v) is 11.6. The normalized spacial score (nSPS) is 26.6. The van der Waals surface area contributed by atoms with E-state index in [1.54, 1.807) is 0 Å². The first-order valence-corrected chi connectivity index (χ1v) is 7.10. The van der Waals surface area contributed by atoms with E-state index in [1.807, 2.05) is 18.9 Å². The molecule has 1 aliphatic rings. The van der Waals surface area contributed by atoms with E-state index in [1.165, 1.54) is 32.1 Å². The van der Waals surface area contributed by atoms with Gasteiger partial charge in [0.2, 0.25) is 5.91 Å². The Morgan fingerprint density at radius 2 is 1.88 bits per heavy atom. The highest BCUT2D eigenvalue weighted by Crippen LogP contribution is 2.29. The van der Waals surface area contributed by atoms with Crippen molar-refractivity contribution in [3.05, 3.63) is 0 Å². The van der Waals surface area contributed by atoms with Crippen molar-refractivity contribution in [3.8, 4) is 0 Å². The second kappa shape index (κ2) is 7.00. The van der Waals surface area contributed by atoms with Crippen LogP contribution in [0.2, 0.25) is 0 Å². The van der Waals surface area contributed by atoms with E-state index in [0.717, 1.165) is 12.3 Å². The summed E-state index contributed by atoms with van der Waals surface area (Å²) >= 11 is 0. The van der Waals surface area contributed by atoms with Crippen LogP contribution in [0, 0.1) is 11.8 Å². The van der Waals surface area contributed by atoms with Crippen molar-refractivity contribution in [1.29, 1.82) is 0 Å². The van der Waals surface area contributed by atoms with Gasteiger partial charge < -0.3 is 10.6 Å². The minimum absolute atomic E-state index is 0.0175. The van der Waals surface area contributed by atoms with Crippen LogP contribution in [0.15, 0.2) is 0 Å². The van der Waals surface area contributed by atoms with Crippen molar-refractivity contribution in [1.82, 2.24) is 4.90 Å². The highest BCUT2D eigenvalue weighted by molar-refractivity contribution is 5.79. The predicted molar refractivity (Wildman–Crippen MR) is 71.6 cm³/mol. The van der Waals surface area contributed by atoms with Gasteiger partial charge in [0, 0.05) is 19.6 Å². The number of nitrogens with zero attached hydrogens (tertiary/aromatic N) is 1. The molecule has 2 N–H and O–H groups in total. The Morgan fingerprint density at radius 3 is 2.29 bits per heavy atom. The third-order valence-electron chi connectivity index (χ3n) is 4.42. The fourth-order valence-electron chi connectivity index (χ4n) is 2.85. The van der Waals surface area contributed by atoms with E-state index in [9.17, 15) is 4.79 Å². The summed E-state index contributed by atoms with van der Waals surface area (Å²) in [5, 5.41) is 0. The van der Waals surface area contributed by atoms with Gasteiger partial charge in [0.25, 0.3) is 0 Å². The van der Waals surface area contributed by atoms with Gasteiger partial charge in [-0.15, -0.1) is 0 Å². The van der Waals surface area contributed by atoms with Crippen LogP contribution in [0.4, 0.5) is 0 Å². The Kier molecular flexibility index (Phi) is 5.96. The van der Waals surface area contributed by atoms with E-state index in [4.69, 9.17) is 5.73 Å². The number of nitrogens with two attached hydrogens (primary N) is 1. The monoisotopic (exact) mass is 240 g/mol. The third kappa shape index (κ3) is 3.70. The van der Waals surface area contributed by atoms with E-state index >= 15 is 0 Å². The van der Waals surface area contributed by atoms with Crippen molar-refractivity contribution in [3.63, 3.8) is 0 Å². The second-order valence-corrected chi connectivity index (χ2v) is 5.37. The highest BCUT2D eigenvalue weighted by atomic mass is 16.2. The lowest BCUT2D eigenvalue weighted by atomic mass is 9.83. The van der Waals surface area contributed by atoms with Gasteiger partial charge >= 0.3 is 0 Å². The number of hydrogen-bond acceptors (Lipinski definition) is 2. The van der Waals surface area contributed by atoms with Gasteiger partial charge in [0.05, 0.1) is 5.92 Å². The first-order chi connectivity index (χ1) is 8.13. The molecule has 0 spiro atoms. The largest absolute Gasteiger partial charge is 0.342 e. The lowest BCUT2D eigenvalue weighted by Crippen LogP contribution is -2.44. The molecular formula is C14H28N2O. The molecule has 1 amide bonds. The molecule has 1 saturated carbocycles. The highest BCUT2D eigenvalue weighted by Gasteiger charge is 2.28. The topological polar surface area (TPSA) is 46.3 Å². The van der Waals surface area contributed by atoms with Crippen LogP contribution >= 0.6 is 0 Å². The van der Waals surface area contributed by atoms with E-state index in [-0.39, 0.29) is 11.8 Å². The summed E-state index contributed by atoms with van der Waals surface area (Å²) < 4.78 is 0. The van der Waals surface area contributed by atoms with Gasteiger partial charge in [0.1, 0.15) is 0 Å². The number of rotatable bonds is 5. The predicted octanol–water partition coefficient (Wildman–Crippen LogP) is 2.40. The summed E-state index contributed by atoms with van der Waals surface area (Å²) in [6, 6.07) is 0.450. The van der Waals surface area contributed by atoms with Crippen molar-refractivity contribution >= 4 is 5.91 Å². The SMILES string of the molecule is CCC1CCC(N(C)C(=O)C(CC)CN)CC1. The lowest BCUT2D eigenvalue weighted by molar-refractivity contribution is -0.136. The summed E-state index contributed by atoms with van der Waals surface area (Å²) in [5.41, 5.74) is 5.65. The minimum atomic E-state index is 0.0175. The summed E-state index contributed by atoms with van der Waals surface area (Å²) in [5.74, 6) is 1.14. The molecule has 3 heteroatoms. The third-order valence-corrected chi connectivity index (χ3v) is 4.42. The van der Waals surface area contributed by atoms with Gasteiger partial charge in [-0.05, 0) is 38.0 Å². The summed E-state index contributed by atoms with van der Waals surface area (Å²) in [4.78, 5) is 14.2. The van der Waals surface area contributed by atoms with Gasteiger partial charge in [-0.3, -0.25) is 4.79 Å². The Balaban J connectivity index is 2.47. The molecule has 0 radical (unpaired) electrons. The zero-order valence-electron chi connectivity index (χ0n) is 11.6. The number of amides is 1. The maximum atomic E-state index is 12.2. The average molecular weight is 240 g/mol. The van der Waals surface area contributed by atoms with Crippen LogP contribution in [0.1, 0.15) is 52.4 Å². The molecule has 1 unspecified atom stereocenters. The molecule has 0 saturated heterocycles. The molecule has 0 bridgehead atoms. The Hall–Kier alpha value is -0.570. The van der Waals surface area contributed by atoms with E-state index in [0.29, 0.717) is 12.6 Å². The lowest BCUT2D eigenvalue weighted by Gasteiger charge is -2.36. The number of carbonyl (C=O) groups excluding carboxylic acids is 1. The van der Waals surface area contributed by atoms with Gasteiger partial charge in [-0.25, -0.2) is 0 Å². The van der Waals surface area contributed by atoms with Crippen molar-refractivity contribution in [2.24, 2.45) is 17.6 Å². The number of hydrogen-bond donors (Lipinski definition) is 1. The average Bonchev–Trinajstić information content (AvgIpc) is 2.39. The molecule has 0 aromatic carbocycles. The molecule has 0 aromatic rings. The molecule has 100 valence electrons. The van der Waals surface area contributed by atoms with E-state index in [2.05, 4.69) is 6.92 Å². The standard InChI is InChI=1S/C14H28N2O/c1-4-11-6-8-13(9-7-11)16(3)14(17)12(5-2)10-15/h11-13H,4-10,15H2,1-3H3. The maximum Gasteiger partial charge on any atom is 0.226 e. The van der Waals surface area contributed by atoms with E-state index < -0.39 is 0 Å². The minimum Gasteiger partial charge on any atom is -0.342 e. The van der Waals surface area contributed by atoms with Crippen LogP contribution in [0.5, 0.6) is 0 Å². The second-order valence-electron chi connectivity index (χ2n) is 5.37. The molecule has 0 heterocycles. The van der Waals surface area contributed by atoms with Crippen molar-refractivity contribution in [2.45, 2.75) is 58.4 Å². The zero-order chi connectivity index (χ0) is 12.8. The summed E-state index contributed by atoms with van der Waals surface area (Å²) in [7, 11) is 1.96. The smallest absolute Gasteiger partial charge is 0.226 e. The first-order valence-electron chi connectivity index (χ1n) is 7.10. The summed E-state index contributed by atoms with van der Waals surface area (Å²) in [6.07, 6.45) is 7.02. The Morgan fingerprint density at radius 1 is 1.29 bits per heavy atom. The molecule has 1 rings (SSSR count). The quantitative estimate of drug-likeness (QED) is 0.802. The van der Waals surface area contributed by atoms with Crippen molar-refractivity contribution in [2.75, 3.05) is 13.6 Å². The molecule has 3 nitrogen and oxygen atoms in total. The van der Waals surface area contributed by atoms with Crippen LogP contribution in [-0.4, -0.2) is 30.4 Å². The fourth-order valence-corrected chi connectivity index (χ4v) is 2.85. The fraction of sp³-hybridized carbons (Fsp3) is 0.929.